The molecule has 0 spiro atoms. The number of carbonyl (C=O) groups is 3. The zero-order chi connectivity index (χ0) is 36.3. The monoisotopic (exact) mass is 724 g/mol. The summed E-state index contributed by atoms with van der Waals surface area (Å²) in [5, 5.41) is 10.3. The minimum Gasteiger partial charge on any atom is -0.496 e. The molecular formula is C38H36N4O7S2. The minimum atomic E-state index is -0.585. The van der Waals surface area contributed by atoms with Gasteiger partial charge in [-0.2, -0.15) is 0 Å². The van der Waals surface area contributed by atoms with E-state index in [4.69, 9.17) is 18.9 Å². The molecule has 5 aromatic rings. The minimum absolute atomic E-state index is 0.0453. The van der Waals surface area contributed by atoms with Crippen molar-refractivity contribution < 1.29 is 33.3 Å². The lowest BCUT2D eigenvalue weighted by Gasteiger charge is -2.15. The molecule has 3 N–H and O–H groups in total. The molecule has 1 unspecified atom stereocenters. The Labute approximate surface area is 304 Å². The summed E-state index contributed by atoms with van der Waals surface area (Å²) in [4.78, 5) is 45.4. The number of ether oxygens (including phenoxy) is 4. The van der Waals surface area contributed by atoms with E-state index in [0.29, 0.717) is 50.6 Å². The largest absolute Gasteiger partial charge is 0.496 e. The molecular weight excluding hydrogens is 689 g/mol. The smallest absolute Gasteiger partial charge is 0.272 e. The van der Waals surface area contributed by atoms with Gasteiger partial charge in [-0.1, -0.05) is 36.4 Å². The molecule has 13 heteroatoms. The molecule has 0 radical (unpaired) electrons. The number of benzene rings is 4. The van der Waals surface area contributed by atoms with Crippen LogP contribution >= 0.6 is 23.1 Å². The van der Waals surface area contributed by atoms with Gasteiger partial charge in [0.25, 0.3) is 11.8 Å². The number of amides is 3. The fourth-order valence-corrected chi connectivity index (χ4v) is 6.52. The first kappa shape index (κ1) is 36.5. The molecule has 1 atom stereocenters. The number of nitrogens with one attached hydrogen (secondary N) is 3. The number of para-hydroxylation sites is 1. The van der Waals surface area contributed by atoms with Crippen molar-refractivity contribution in [2.45, 2.75) is 17.1 Å². The topological polar surface area (TPSA) is 137 Å². The number of methoxy groups -OCH3 is 4. The fourth-order valence-electron chi connectivity index (χ4n) is 4.88. The van der Waals surface area contributed by atoms with Gasteiger partial charge in [0.05, 0.1) is 39.4 Å². The molecule has 1 heterocycles. The van der Waals surface area contributed by atoms with Crippen molar-refractivity contribution in [3.8, 4) is 34.3 Å². The summed E-state index contributed by atoms with van der Waals surface area (Å²) in [5.41, 5.74) is 2.78. The molecule has 262 valence electrons. The molecule has 0 saturated heterocycles. The lowest BCUT2D eigenvalue weighted by atomic mass is 10.1. The predicted molar refractivity (Wildman–Crippen MR) is 201 cm³/mol. The van der Waals surface area contributed by atoms with Crippen LogP contribution in [0.5, 0.6) is 23.0 Å². The standard InChI is InChI=1S/C38H36N4O7S2/c1-23(35(43)42-38-41-30(22-50-38)28-16-9-10-17-31(28)46-2)51-27-15-11-14-26(20-27)39-37(45)29(40-36(44)24-12-7-6-8-13-24)18-25-19-33(48-4)34(49-5)21-32(25)47-3/h6-23H,1-5H3,(H,39,45)(H,40,44)(H,41,42,43)/b29-18+. The van der Waals surface area contributed by atoms with Crippen LogP contribution in [-0.2, 0) is 9.59 Å². The normalized spacial score (nSPS) is 11.6. The van der Waals surface area contributed by atoms with Gasteiger partial charge in [-0.3, -0.25) is 14.4 Å². The van der Waals surface area contributed by atoms with Gasteiger partial charge >= 0.3 is 0 Å². The first-order valence-corrected chi connectivity index (χ1v) is 17.3. The first-order chi connectivity index (χ1) is 24.7. The first-order valence-electron chi connectivity index (χ1n) is 15.6. The van der Waals surface area contributed by atoms with Gasteiger partial charge in [0.2, 0.25) is 5.91 Å². The van der Waals surface area contributed by atoms with Crippen LogP contribution in [0.2, 0.25) is 0 Å². The number of aromatic nitrogens is 1. The molecule has 0 aliphatic heterocycles. The summed E-state index contributed by atoms with van der Waals surface area (Å²) in [6.07, 6.45) is 1.50. The average Bonchev–Trinajstić information content (AvgIpc) is 3.62. The van der Waals surface area contributed by atoms with Crippen molar-refractivity contribution in [3.63, 3.8) is 0 Å². The molecule has 0 aliphatic carbocycles. The quantitative estimate of drug-likeness (QED) is 0.0792. The second kappa shape index (κ2) is 17.2. The van der Waals surface area contributed by atoms with Gasteiger partial charge in [-0.05, 0) is 61.5 Å². The Bertz CT molecular complexity index is 2050. The van der Waals surface area contributed by atoms with Crippen molar-refractivity contribution in [2.24, 2.45) is 0 Å². The van der Waals surface area contributed by atoms with Crippen LogP contribution in [0.1, 0.15) is 22.8 Å². The Morgan fingerprint density at radius 2 is 1.45 bits per heavy atom. The van der Waals surface area contributed by atoms with Gasteiger partial charge < -0.3 is 34.9 Å². The highest BCUT2D eigenvalue weighted by Gasteiger charge is 2.20. The van der Waals surface area contributed by atoms with E-state index >= 15 is 0 Å². The summed E-state index contributed by atoms with van der Waals surface area (Å²) in [7, 11) is 6.09. The van der Waals surface area contributed by atoms with E-state index in [9.17, 15) is 14.4 Å². The summed E-state index contributed by atoms with van der Waals surface area (Å²) >= 11 is 2.64. The van der Waals surface area contributed by atoms with E-state index in [1.54, 1.807) is 74.7 Å². The third kappa shape index (κ3) is 9.26. The molecule has 0 aliphatic rings. The lowest BCUT2D eigenvalue weighted by molar-refractivity contribution is -0.115. The van der Waals surface area contributed by atoms with Crippen LogP contribution in [0.15, 0.2) is 107 Å². The number of thiazole rings is 1. The third-order valence-corrected chi connectivity index (χ3v) is 9.31. The van der Waals surface area contributed by atoms with E-state index in [-0.39, 0.29) is 11.6 Å². The Morgan fingerprint density at radius 1 is 0.765 bits per heavy atom. The maximum atomic E-state index is 13.8. The van der Waals surface area contributed by atoms with Gasteiger partial charge in [-0.25, -0.2) is 4.98 Å². The van der Waals surface area contributed by atoms with Crippen LogP contribution in [0, 0.1) is 0 Å². The van der Waals surface area contributed by atoms with E-state index in [2.05, 4.69) is 20.9 Å². The second-order valence-electron chi connectivity index (χ2n) is 10.8. The average molecular weight is 725 g/mol. The molecule has 51 heavy (non-hydrogen) atoms. The number of carbonyl (C=O) groups excluding carboxylic acids is 3. The highest BCUT2D eigenvalue weighted by molar-refractivity contribution is 8.00. The molecule has 0 bridgehead atoms. The zero-order valence-corrected chi connectivity index (χ0v) is 30.1. The molecule has 0 fully saturated rings. The fraction of sp³-hybridized carbons (Fsp3) is 0.158. The molecule has 3 amide bonds. The number of hydrogen-bond donors (Lipinski definition) is 3. The Hall–Kier alpha value is -5.79. The van der Waals surface area contributed by atoms with E-state index in [0.717, 1.165) is 10.5 Å². The lowest BCUT2D eigenvalue weighted by Crippen LogP contribution is -2.30. The van der Waals surface area contributed by atoms with E-state index < -0.39 is 17.1 Å². The van der Waals surface area contributed by atoms with Gasteiger partial charge in [-0.15, -0.1) is 23.1 Å². The summed E-state index contributed by atoms with van der Waals surface area (Å²) < 4.78 is 21.8. The van der Waals surface area contributed by atoms with Crippen LogP contribution in [0.4, 0.5) is 10.8 Å². The Morgan fingerprint density at radius 3 is 2.18 bits per heavy atom. The van der Waals surface area contributed by atoms with Crippen molar-refractivity contribution >= 4 is 57.7 Å². The maximum Gasteiger partial charge on any atom is 0.272 e. The number of hydrogen-bond acceptors (Lipinski definition) is 10. The van der Waals surface area contributed by atoms with Crippen molar-refractivity contribution in [1.29, 1.82) is 0 Å². The summed E-state index contributed by atoms with van der Waals surface area (Å²) in [5.74, 6) is 0.646. The number of nitrogens with zero attached hydrogens (tertiary/aromatic N) is 1. The van der Waals surface area contributed by atoms with Crippen LogP contribution < -0.4 is 34.9 Å². The number of rotatable bonds is 14. The van der Waals surface area contributed by atoms with Crippen molar-refractivity contribution in [1.82, 2.24) is 10.3 Å². The van der Waals surface area contributed by atoms with Gasteiger partial charge in [0.15, 0.2) is 16.6 Å². The maximum absolute atomic E-state index is 13.8. The number of anilines is 2. The number of thioether (sulfide) groups is 1. The Kier molecular flexibility index (Phi) is 12.3. The molecule has 5 rings (SSSR count). The summed E-state index contributed by atoms with van der Waals surface area (Å²) in [6, 6.07) is 26.5. The SMILES string of the molecule is COc1cc(OC)c(OC)cc1/C=C(/NC(=O)c1ccccc1)C(=O)Nc1cccc(SC(C)C(=O)Nc2nc(-c3ccccc3OC)cs2)c1. The van der Waals surface area contributed by atoms with Crippen molar-refractivity contribution in [2.75, 3.05) is 39.1 Å². The second-order valence-corrected chi connectivity index (χ2v) is 13.1. The van der Waals surface area contributed by atoms with E-state index in [1.807, 2.05) is 35.7 Å². The highest BCUT2D eigenvalue weighted by atomic mass is 32.2. The molecule has 11 nitrogen and oxygen atoms in total. The van der Waals surface area contributed by atoms with Crippen molar-refractivity contribution in [3.05, 3.63) is 113 Å². The van der Waals surface area contributed by atoms with Crippen LogP contribution in [0.25, 0.3) is 17.3 Å². The highest BCUT2D eigenvalue weighted by Crippen LogP contribution is 2.36. The van der Waals surface area contributed by atoms with Gasteiger partial charge in [0.1, 0.15) is 17.2 Å². The van der Waals surface area contributed by atoms with Crippen LogP contribution in [0.3, 0.4) is 0 Å². The third-order valence-electron chi connectivity index (χ3n) is 7.46. The molecule has 1 aromatic heterocycles. The van der Waals surface area contributed by atoms with Crippen LogP contribution in [-0.4, -0.2) is 56.4 Å². The van der Waals surface area contributed by atoms with Gasteiger partial charge in [0, 0.05) is 38.7 Å². The summed E-state index contributed by atoms with van der Waals surface area (Å²) in [6.45, 7) is 1.79. The predicted octanol–water partition coefficient (Wildman–Crippen LogP) is 7.37. The Balaban J connectivity index is 1.32. The molecule has 4 aromatic carbocycles. The van der Waals surface area contributed by atoms with E-state index in [1.165, 1.54) is 50.5 Å². The molecule has 0 saturated carbocycles. The zero-order valence-electron chi connectivity index (χ0n) is 28.5.